The molecule has 0 atom stereocenters. The molecular weight excluding hydrogens is 319 g/mol. The number of rotatable bonds is 2. The molecule has 0 amide bonds. The second kappa shape index (κ2) is 4.82. The number of hydrogen-bond donors (Lipinski definition) is 0. The van der Waals surface area contributed by atoms with Gasteiger partial charge in [-0.15, -0.1) is 0 Å². The van der Waals surface area contributed by atoms with Crippen LogP contribution in [0.3, 0.4) is 0 Å². The van der Waals surface area contributed by atoms with E-state index in [2.05, 4.69) is 9.72 Å². The monoisotopic (exact) mass is 327 g/mol. The zero-order valence-electron chi connectivity index (χ0n) is 8.05. The molecule has 0 saturated carbocycles. The van der Waals surface area contributed by atoms with Gasteiger partial charge in [-0.05, 0) is 35.6 Å². The average Bonchev–Trinajstić information content (AvgIpc) is 2.16. The number of pyridine rings is 1. The second-order valence-electron chi connectivity index (χ2n) is 2.79. The largest absolute Gasteiger partial charge is 0.465 e. The summed E-state index contributed by atoms with van der Waals surface area (Å²) in [6.45, 7) is 1.48. The molecule has 0 aliphatic rings. The van der Waals surface area contributed by atoms with E-state index in [4.69, 9.17) is 0 Å². The Morgan fingerprint density at radius 3 is 2.67 bits per heavy atom. The van der Waals surface area contributed by atoms with Crippen molar-refractivity contribution >= 4 is 28.6 Å². The van der Waals surface area contributed by atoms with Gasteiger partial charge in [-0.1, -0.05) is 0 Å². The Balaban J connectivity index is 3.29. The fourth-order valence-electron chi connectivity index (χ4n) is 1.07. The van der Waals surface area contributed by atoms with E-state index in [9.17, 15) is 13.6 Å². The van der Waals surface area contributed by atoms with Gasteiger partial charge < -0.3 is 4.74 Å². The maximum Gasteiger partial charge on any atom is 0.340 e. The molecule has 0 bridgehead atoms. The lowest BCUT2D eigenvalue weighted by Gasteiger charge is -2.08. The van der Waals surface area contributed by atoms with Crippen molar-refractivity contribution in [2.45, 2.75) is 13.3 Å². The molecule has 3 nitrogen and oxygen atoms in total. The van der Waals surface area contributed by atoms with Gasteiger partial charge in [0.25, 0.3) is 6.43 Å². The third-order valence-electron chi connectivity index (χ3n) is 1.85. The summed E-state index contributed by atoms with van der Waals surface area (Å²) in [6, 6.07) is 1.13. The Morgan fingerprint density at radius 1 is 1.60 bits per heavy atom. The summed E-state index contributed by atoms with van der Waals surface area (Å²) >= 11 is 1.81. The molecule has 1 aromatic rings. The summed E-state index contributed by atoms with van der Waals surface area (Å²) in [5.74, 6) is -0.659. The number of halogens is 3. The molecule has 0 unspecified atom stereocenters. The molecular formula is C9H8F2INO2. The highest BCUT2D eigenvalue weighted by Crippen LogP contribution is 2.24. The topological polar surface area (TPSA) is 39.2 Å². The van der Waals surface area contributed by atoms with Gasteiger partial charge in [-0.3, -0.25) is 0 Å². The van der Waals surface area contributed by atoms with Crippen LogP contribution in [0.4, 0.5) is 8.78 Å². The number of aryl methyl sites for hydroxylation is 1. The summed E-state index contributed by atoms with van der Waals surface area (Å²) < 4.78 is 29.9. The number of ether oxygens (including phenoxy) is 1. The molecule has 1 rings (SSSR count). The average molecular weight is 327 g/mol. The zero-order chi connectivity index (χ0) is 11.6. The number of alkyl halides is 2. The van der Waals surface area contributed by atoms with E-state index in [-0.39, 0.29) is 16.8 Å². The Morgan fingerprint density at radius 2 is 2.20 bits per heavy atom. The highest BCUT2D eigenvalue weighted by Gasteiger charge is 2.19. The summed E-state index contributed by atoms with van der Waals surface area (Å²) in [4.78, 5) is 15.1. The van der Waals surface area contributed by atoms with E-state index < -0.39 is 12.4 Å². The molecule has 0 saturated heterocycles. The predicted molar refractivity (Wildman–Crippen MR) is 58.0 cm³/mol. The number of aromatic nitrogens is 1. The third-order valence-corrected chi connectivity index (χ3v) is 2.67. The zero-order valence-corrected chi connectivity index (χ0v) is 10.2. The lowest BCUT2D eigenvalue weighted by atomic mass is 10.1. The Kier molecular flexibility index (Phi) is 3.95. The molecule has 0 aromatic carbocycles. The van der Waals surface area contributed by atoms with Crippen molar-refractivity contribution in [1.29, 1.82) is 0 Å². The maximum absolute atomic E-state index is 12.5. The summed E-state index contributed by atoms with van der Waals surface area (Å²) in [5.41, 5.74) is 0.0527. The minimum Gasteiger partial charge on any atom is -0.465 e. The SMILES string of the molecule is COC(=O)c1cc(C(F)F)c(C)nc1I. The normalized spacial score (nSPS) is 10.5. The van der Waals surface area contributed by atoms with E-state index in [1.165, 1.54) is 14.0 Å². The van der Waals surface area contributed by atoms with Crippen molar-refractivity contribution < 1.29 is 18.3 Å². The van der Waals surface area contributed by atoms with E-state index in [0.717, 1.165) is 6.07 Å². The van der Waals surface area contributed by atoms with Crippen LogP contribution in [-0.4, -0.2) is 18.1 Å². The number of methoxy groups -OCH3 is 1. The molecule has 6 heteroatoms. The first-order valence-corrected chi connectivity index (χ1v) is 5.08. The fourth-order valence-corrected chi connectivity index (χ4v) is 1.80. The summed E-state index contributed by atoms with van der Waals surface area (Å²) in [5, 5.41) is 0. The predicted octanol–water partition coefficient (Wildman–Crippen LogP) is 2.72. The maximum atomic E-state index is 12.5. The first kappa shape index (κ1) is 12.3. The van der Waals surface area contributed by atoms with E-state index in [0.29, 0.717) is 3.70 Å². The molecule has 0 N–H and O–H groups in total. The minimum absolute atomic E-state index is 0.0685. The van der Waals surface area contributed by atoms with Crippen molar-refractivity contribution in [2.24, 2.45) is 0 Å². The van der Waals surface area contributed by atoms with Crippen LogP contribution >= 0.6 is 22.6 Å². The third kappa shape index (κ3) is 2.61. The van der Waals surface area contributed by atoms with Crippen LogP contribution in [0.2, 0.25) is 0 Å². The van der Waals surface area contributed by atoms with E-state index in [1.807, 2.05) is 22.6 Å². The summed E-state index contributed by atoms with van der Waals surface area (Å²) in [7, 11) is 1.19. The van der Waals surface area contributed by atoms with Crippen molar-refractivity contribution in [2.75, 3.05) is 7.11 Å². The van der Waals surface area contributed by atoms with Gasteiger partial charge in [0, 0.05) is 11.3 Å². The molecule has 0 aliphatic carbocycles. The minimum atomic E-state index is -2.64. The van der Waals surface area contributed by atoms with Crippen molar-refractivity contribution in [3.05, 3.63) is 26.6 Å². The molecule has 0 spiro atoms. The van der Waals surface area contributed by atoms with E-state index in [1.54, 1.807) is 0 Å². The molecule has 0 fully saturated rings. The van der Waals surface area contributed by atoms with Crippen LogP contribution in [-0.2, 0) is 4.74 Å². The lowest BCUT2D eigenvalue weighted by Crippen LogP contribution is -2.08. The number of hydrogen-bond acceptors (Lipinski definition) is 3. The fraction of sp³-hybridized carbons (Fsp3) is 0.333. The Bertz CT molecular complexity index is 396. The van der Waals surface area contributed by atoms with Gasteiger partial charge in [0.05, 0.1) is 12.7 Å². The van der Waals surface area contributed by atoms with Crippen molar-refractivity contribution in [3.63, 3.8) is 0 Å². The van der Waals surface area contributed by atoms with Crippen LogP contribution in [0, 0.1) is 10.6 Å². The second-order valence-corrected chi connectivity index (χ2v) is 3.82. The highest BCUT2D eigenvalue weighted by atomic mass is 127. The van der Waals surface area contributed by atoms with Gasteiger partial charge in [0.2, 0.25) is 0 Å². The van der Waals surface area contributed by atoms with Crippen molar-refractivity contribution in [3.8, 4) is 0 Å². The van der Waals surface area contributed by atoms with Crippen LogP contribution in [0.15, 0.2) is 6.07 Å². The van der Waals surface area contributed by atoms with Gasteiger partial charge in [0.15, 0.2) is 0 Å². The highest BCUT2D eigenvalue weighted by molar-refractivity contribution is 14.1. The Labute approximate surface area is 99.0 Å². The standard InChI is InChI=1S/C9H8F2INO2/c1-4-5(7(10)11)3-6(8(12)13-4)9(14)15-2/h3,7H,1-2H3. The van der Waals surface area contributed by atoms with Gasteiger partial charge in [-0.2, -0.15) is 0 Å². The Hall–Kier alpha value is -0.790. The number of esters is 1. The first-order chi connectivity index (χ1) is 6.97. The molecule has 82 valence electrons. The molecule has 0 radical (unpaired) electrons. The van der Waals surface area contributed by atoms with Crippen LogP contribution in [0.25, 0.3) is 0 Å². The lowest BCUT2D eigenvalue weighted by molar-refractivity contribution is 0.0598. The summed E-state index contributed by atoms with van der Waals surface area (Å²) in [6.07, 6.45) is -2.64. The molecule has 15 heavy (non-hydrogen) atoms. The van der Waals surface area contributed by atoms with Gasteiger partial charge in [-0.25, -0.2) is 18.6 Å². The van der Waals surface area contributed by atoms with Gasteiger partial charge in [0.1, 0.15) is 3.70 Å². The number of carbonyl (C=O) groups is 1. The quantitative estimate of drug-likeness (QED) is 0.476. The van der Waals surface area contributed by atoms with Crippen LogP contribution < -0.4 is 0 Å². The molecule has 1 aromatic heterocycles. The number of carbonyl (C=O) groups excluding carboxylic acids is 1. The number of nitrogens with zero attached hydrogens (tertiary/aromatic N) is 1. The van der Waals surface area contributed by atoms with E-state index >= 15 is 0 Å². The van der Waals surface area contributed by atoms with Crippen molar-refractivity contribution in [1.82, 2.24) is 4.98 Å². The van der Waals surface area contributed by atoms with Crippen LogP contribution in [0.5, 0.6) is 0 Å². The van der Waals surface area contributed by atoms with Gasteiger partial charge >= 0.3 is 5.97 Å². The molecule has 1 heterocycles. The smallest absolute Gasteiger partial charge is 0.340 e. The first-order valence-electron chi connectivity index (χ1n) is 4.01. The molecule has 0 aliphatic heterocycles. The van der Waals surface area contributed by atoms with Crippen LogP contribution in [0.1, 0.15) is 28.0 Å².